The van der Waals surface area contributed by atoms with Crippen molar-refractivity contribution in [3.8, 4) is 11.8 Å². The Bertz CT molecular complexity index is 1190. The lowest BCUT2D eigenvalue weighted by atomic mass is 10.2. The van der Waals surface area contributed by atoms with Crippen LogP contribution in [0.2, 0.25) is 0 Å². The van der Waals surface area contributed by atoms with E-state index < -0.39 is 0 Å². The molecule has 0 spiro atoms. The number of aryl methyl sites for hydroxylation is 1. The van der Waals surface area contributed by atoms with Crippen LogP contribution in [0.5, 0.6) is 0 Å². The van der Waals surface area contributed by atoms with Gasteiger partial charge in [-0.05, 0) is 79.7 Å². The van der Waals surface area contributed by atoms with Crippen LogP contribution < -0.4 is 0 Å². The number of thioether (sulfide) groups is 1. The van der Waals surface area contributed by atoms with Gasteiger partial charge in [-0.15, -0.1) is 11.3 Å². The maximum Gasteiger partial charge on any atom is 0.156 e. The summed E-state index contributed by atoms with van der Waals surface area (Å²) in [6, 6.07) is 20.7. The van der Waals surface area contributed by atoms with Crippen LogP contribution in [-0.2, 0) is 0 Å². The monoisotopic (exact) mass is 465 g/mol. The minimum Gasteiger partial charge on any atom is -0.318 e. The van der Waals surface area contributed by atoms with Crippen LogP contribution in [0.15, 0.2) is 68.3 Å². The Morgan fingerprint density at radius 1 is 1.18 bits per heavy atom. The maximum absolute atomic E-state index is 9.66. The van der Waals surface area contributed by atoms with Gasteiger partial charge in [0.25, 0.3) is 0 Å². The maximum atomic E-state index is 9.66. The number of rotatable bonds is 4. The highest BCUT2D eigenvalue weighted by Gasteiger charge is 2.12. The van der Waals surface area contributed by atoms with E-state index in [2.05, 4.69) is 69.7 Å². The molecule has 0 radical (unpaired) electrons. The van der Waals surface area contributed by atoms with Crippen molar-refractivity contribution < 1.29 is 0 Å². The minimum absolute atomic E-state index is 0.634. The predicted octanol–water partition coefficient (Wildman–Crippen LogP) is 7.12. The van der Waals surface area contributed by atoms with Crippen molar-refractivity contribution in [3.63, 3.8) is 0 Å². The summed E-state index contributed by atoms with van der Waals surface area (Å²) in [4.78, 5) is 5.26. The minimum atomic E-state index is 0.634. The number of aromatic nitrogens is 2. The van der Waals surface area contributed by atoms with E-state index in [9.17, 15) is 5.26 Å². The first-order valence-electron chi connectivity index (χ1n) is 8.65. The molecule has 0 fully saturated rings. The Morgan fingerprint density at radius 2 is 1.93 bits per heavy atom. The van der Waals surface area contributed by atoms with Crippen LogP contribution >= 0.6 is 39.0 Å². The number of nitriles is 1. The third kappa shape index (κ3) is 3.79. The summed E-state index contributed by atoms with van der Waals surface area (Å²) < 4.78 is 5.28. The van der Waals surface area contributed by atoms with Gasteiger partial charge in [0.2, 0.25) is 0 Å². The first-order chi connectivity index (χ1) is 13.5. The third-order valence-electron chi connectivity index (χ3n) is 4.42. The molecule has 138 valence electrons. The van der Waals surface area contributed by atoms with Gasteiger partial charge in [-0.3, -0.25) is 0 Å². The van der Waals surface area contributed by atoms with Crippen molar-refractivity contribution in [2.45, 2.75) is 18.2 Å². The zero-order valence-electron chi connectivity index (χ0n) is 15.3. The summed E-state index contributed by atoms with van der Waals surface area (Å²) in [7, 11) is 0. The zero-order valence-corrected chi connectivity index (χ0v) is 18.5. The van der Waals surface area contributed by atoms with E-state index in [4.69, 9.17) is 0 Å². The molecule has 4 rings (SSSR count). The number of nitrogens with zero attached hydrogens (tertiary/aromatic N) is 3. The zero-order chi connectivity index (χ0) is 19.7. The van der Waals surface area contributed by atoms with Crippen molar-refractivity contribution in [2.24, 2.45) is 0 Å². The molecule has 0 aliphatic heterocycles. The van der Waals surface area contributed by atoms with Crippen molar-refractivity contribution in [2.75, 3.05) is 0 Å². The van der Waals surface area contributed by atoms with E-state index in [1.54, 1.807) is 11.3 Å². The summed E-state index contributed by atoms with van der Waals surface area (Å²) in [5.74, 6) is 0. The molecule has 0 bridgehead atoms. The second-order valence-corrected chi connectivity index (χ2v) is 9.54. The SMILES string of the molecule is Cc1cc(/C=C(\C#N)Sc2nc3ccccc3s2)c(C)n1-c1ccc(Br)cc1. The average molecular weight is 466 g/mol. The van der Waals surface area contributed by atoms with Gasteiger partial charge in [0.1, 0.15) is 6.07 Å². The Balaban J connectivity index is 1.67. The fourth-order valence-corrected chi connectivity index (χ4v) is 5.37. The van der Waals surface area contributed by atoms with E-state index in [-0.39, 0.29) is 0 Å². The molecule has 0 aliphatic carbocycles. The summed E-state index contributed by atoms with van der Waals surface area (Å²) in [6.45, 7) is 4.16. The summed E-state index contributed by atoms with van der Waals surface area (Å²) in [6.07, 6.45) is 1.95. The number of benzene rings is 2. The summed E-state index contributed by atoms with van der Waals surface area (Å²) in [5.41, 5.74) is 5.37. The average Bonchev–Trinajstić information content (AvgIpc) is 3.22. The molecule has 2 heterocycles. The summed E-state index contributed by atoms with van der Waals surface area (Å²) >= 11 is 6.52. The number of thiazole rings is 1. The molecule has 0 saturated carbocycles. The van der Waals surface area contributed by atoms with Gasteiger partial charge >= 0.3 is 0 Å². The van der Waals surface area contributed by atoms with E-state index >= 15 is 0 Å². The van der Waals surface area contributed by atoms with Crippen LogP contribution in [-0.4, -0.2) is 9.55 Å². The Morgan fingerprint density at radius 3 is 2.64 bits per heavy atom. The molecule has 0 aliphatic rings. The lowest BCUT2D eigenvalue weighted by molar-refractivity contribution is 0.964. The largest absolute Gasteiger partial charge is 0.318 e. The van der Waals surface area contributed by atoms with E-state index in [0.717, 1.165) is 41.7 Å². The number of hydrogen-bond acceptors (Lipinski definition) is 4. The van der Waals surface area contributed by atoms with Crippen molar-refractivity contribution in [3.05, 3.63) is 80.9 Å². The van der Waals surface area contributed by atoms with Crippen LogP contribution in [0.3, 0.4) is 0 Å². The molecule has 6 heteroatoms. The topological polar surface area (TPSA) is 41.6 Å². The predicted molar refractivity (Wildman–Crippen MR) is 122 cm³/mol. The highest BCUT2D eigenvalue weighted by molar-refractivity contribution is 9.10. The van der Waals surface area contributed by atoms with Gasteiger partial charge in [0.05, 0.1) is 15.1 Å². The molecule has 2 aromatic carbocycles. The van der Waals surface area contributed by atoms with Gasteiger partial charge < -0.3 is 4.57 Å². The molecule has 0 atom stereocenters. The number of allylic oxidation sites excluding steroid dienone is 1. The lowest BCUT2D eigenvalue weighted by Gasteiger charge is -2.09. The lowest BCUT2D eigenvalue weighted by Crippen LogP contribution is -1.98. The van der Waals surface area contributed by atoms with E-state index in [1.807, 2.05) is 36.4 Å². The summed E-state index contributed by atoms with van der Waals surface area (Å²) in [5, 5.41) is 9.66. The van der Waals surface area contributed by atoms with Gasteiger partial charge in [0.15, 0.2) is 4.34 Å². The molecule has 0 saturated heterocycles. The Kier molecular flexibility index (Phi) is 5.40. The van der Waals surface area contributed by atoms with Crippen LogP contribution in [0, 0.1) is 25.2 Å². The molecule has 4 aromatic rings. The molecule has 3 nitrogen and oxygen atoms in total. The first-order valence-corrected chi connectivity index (χ1v) is 11.1. The molecule has 0 N–H and O–H groups in total. The smallest absolute Gasteiger partial charge is 0.156 e. The van der Waals surface area contributed by atoms with Crippen molar-refractivity contribution in [1.82, 2.24) is 9.55 Å². The Labute approximate surface area is 180 Å². The van der Waals surface area contributed by atoms with E-state index in [0.29, 0.717) is 4.91 Å². The van der Waals surface area contributed by atoms with Crippen LogP contribution in [0.25, 0.3) is 22.0 Å². The quantitative estimate of drug-likeness (QED) is 0.237. The normalized spacial score (nSPS) is 11.7. The molecular weight excluding hydrogens is 450 g/mol. The second-order valence-electron chi connectivity index (χ2n) is 6.31. The van der Waals surface area contributed by atoms with Gasteiger partial charge in [0, 0.05) is 21.5 Å². The van der Waals surface area contributed by atoms with Crippen molar-refractivity contribution >= 4 is 55.3 Å². The first kappa shape index (κ1) is 19.0. The number of halogens is 1. The van der Waals surface area contributed by atoms with Gasteiger partial charge in [-0.1, -0.05) is 28.1 Å². The fourth-order valence-electron chi connectivity index (χ4n) is 3.14. The molecular formula is C22H16BrN3S2. The van der Waals surface area contributed by atoms with Gasteiger partial charge in [-0.25, -0.2) is 4.98 Å². The Hall–Kier alpha value is -2.33. The second kappa shape index (κ2) is 7.96. The molecule has 28 heavy (non-hydrogen) atoms. The number of hydrogen-bond donors (Lipinski definition) is 0. The highest BCUT2D eigenvalue weighted by Crippen LogP contribution is 2.35. The molecule has 0 unspecified atom stereocenters. The van der Waals surface area contributed by atoms with E-state index in [1.165, 1.54) is 11.8 Å². The van der Waals surface area contributed by atoms with Crippen LogP contribution in [0.4, 0.5) is 0 Å². The molecule has 0 amide bonds. The van der Waals surface area contributed by atoms with Crippen molar-refractivity contribution in [1.29, 1.82) is 5.26 Å². The highest BCUT2D eigenvalue weighted by atomic mass is 79.9. The van der Waals surface area contributed by atoms with Crippen LogP contribution in [0.1, 0.15) is 17.0 Å². The standard InChI is InChI=1S/C22H16BrN3S2/c1-14-11-16(15(2)26(14)18-9-7-17(23)8-10-18)12-19(13-24)27-22-25-20-5-3-4-6-21(20)28-22/h3-12H,1-2H3/b19-12+. The number of fused-ring (bicyclic) bond motifs is 1. The third-order valence-corrected chi connectivity index (χ3v) is 6.98. The number of para-hydroxylation sites is 1. The molecule has 2 aromatic heterocycles. The fraction of sp³-hybridized carbons (Fsp3) is 0.0909. The van der Waals surface area contributed by atoms with Gasteiger partial charge in [-0.2, -0.15) is 5.26 Å².